The second-order valence-corrected chi connectivity index (χ2v) is 12.7. The zero-order chi connectivity index (χ0) is 30.9. The van der Waals surface area contributed by atoms with Crippen LogP contribution >= 0.6 is 0 Å². The number of H-pyrrole nitrogens is 1. The Morgan fingerprint density at radius 2 is 1.84 bits per heavy atom. The van der Waals surface area contributed by atoms with Gasteiger partial charge in [-0.3, -0.25) is 10.1 Å². The molecule has 6 aromatic rings. The van der Waals surface area contributed by atoms with E-state index in [9.17, 15) is 4.79 Å². The first kappa shape index (κ1) is 27.2. The number of hydrogen-bond donors (Lipinski definition) is 1. The van der Waals surface area contributed by atoms with E-state index in [-0.39, 0.29) is 24.0 Å². The fraction of sp³-hybridized carbons (Fsp3) is 0.265. The number of likely N-dealkylation sites (tertiary alicyclic amines) is 1. The van der Waals surface area contributed by atoms with Gasteiger partial charge in [0.1, 0.15) is 17.1 Å². The Bertz CT molecular complexity index is 2080. The molecule has 2 saturated heterocycles. The summed E-state index contributed by atoms with van der Waals surface area (Å²) in [6, 6.07) is 17.1. The summed E-state index contributed by atoms with van der Waals surface area (Å²) in [5.74, 6) is -0.355. The number of carbonyl (C=O) groups is 1. The number of amides is 1. The van der Waals surface area contributed by atoms with E-state index in [1.54, 1.807) is 47.5 Å². The van der Waals surface area contributed by atoms with Crippen LogP contribution in [0.25, 0.3) is 50.2 Å². The van der Waals surface area contributed by atoms with Gasteiger partial charge in [-0.1, -0.05) is 12.1 Å². The van der Waals surface area contributed by atoms with Crippen molar-refractivity contribution < 1.29 is 13.9 Å². The molecule has 10 nitrogen and oxygen atoms in total. The van der Waals surface area contributed by atoms with Gasteiger partial charge in [-0.15, -0.1) is 0 Å². The Hall–Kier alpha value is -5.32. The van der Waals surface area contributed by atoms with Gasteiger partial charge in [0.2, 0.25) is 0 Å². The number of pyridine rings is 1. The number of hydrogen-bond acceptors (Lipinski definition) is 7. The molecule has 0 unspecified atom stereocenters. The van der Waals surface area contributed by atoms with Crippen molar-refractivity contribution in [3.63, 3.8) is 0 Å². The molecule has 2 bridgehead atoms. The van der Waals surface area contributed by atoms with Crippen LogP contribution in [0.2, 0.25) is 0 Å². The number of carbonyl (C=O) groups excluding carboxylic acids is 1. The summed E-state index contributed by atoms with van der Waals surface area (Å²) in [4.78, 5) is 25.6. The molecule has 0 aliphatic carbocycles. The van der Waals surface area contributed by atoms with Crippen molar-refractivity contribution >= 4 is 28.3 Å². The molecule has 2 aromatic carbocycles. The predicted octanol–water partition coefficient (Wildman–Crippen LogP) is 6.34. The average molecular weight is 603 g/mol. The lowest BCUT2D eigenvalue weighted by Crippen LogP contribution is -2.50. The van der Waals surface area contributed by atoms with Gasteiger partial charge in [0.25, 0.3) is 0 Å². The lowest BCUT2D eigenvalue weighted by atomic mass is 9.99. The molecule has 0 spiro atoms. The highest BCUT2D eigenvalue weighted by Crippen LogP contribution is 2.40. The van der Waals surface area contributed by atoms with Gasteiger partial charge >= 0.3 is 6.09 Å². The minimum absolute atomic E-state index is 0.0428. The summed E-state index contributed by atoms with van der Waals surface area (Å²) in [5.41, 5.74) is 6.10. The van der Waals surface area contributed by atoms with Gasteiger partial charge in [-0.25, -0.2) is 18.7 Å². The second-order valence-electron chi connectivity index (χ2n) is 12.7. The molecule has 2 aliphatic heterocycles. The van der Waals surface area contributed by atoms with E-state index in [4.69, 9.17) is 14.8 Å². The monoisotopic (exact) mass is 602 g/mol. The number of halogens is 1. The van der Waals surface area contributed by atoms with Gasteiger partial charge in [-0.2, -0.15) is 10.2 Å². The minimum atomic E-state index is -0.545. The maximum atomic E-state index is 16.1. The Kier molecular flexibility index (Phi) is 6.12. The zero-order valence-corrected chi connectivity index (χ0v) is 25.1. The first-order chi connectivity index (χ1) is 21.7. The van der Waals surface area contributed by atoms with E-state index in [2.05, 4.69) is 20.1 Å². The van der Waals surface area contributed by atoms with Crippen LogP contribution in [0.3, 0.4) is 0 Å². The van der Waals surface area contributed by atoms with Crippen LogP contribution in [0.1, 0.15) is 27.2 Å². The van der Waals surface area contributed by atoms with Crippen LogP contribution in [0.15, 0.2) is 79.4 Å². The molecule has 1 amide bonds. The highest BCUT2D eigenvalue weighted by atomic mass is 19.1. The molecular weight excluding hydrogens is 571 g/mol. The first-order valence-electron chi connectivity index (χ1n) is 15.0. The predicted molar refractivity (Wildman–Crippen MR) is 169 cm³/mol. The highest BCUT2D eigenvalue weighted by molar-refractivity contribution is 6.02. The number of aromatic amines is 1. The molecule has 226 valence electrons. The molecule has 8 rings (SSSR count). The van der Waals surface area contributed by atoms with Crippen molar-refractivity contribution in [3.8, 4) is 33.6 Å². The van der Waals surface area contributed by atoms with Gasteiger partial charge in [0, 0.05) is 59.9 Å². The third-order valence-corrected chi connectivity index (χ3v) is 8.66. The van der Waals surface area contributed by atoms with Crippen LogP contribution < -0.4 is 4.90 Å². The molecular formula is C34H31FN8O2. The topological polar surface area (TPSA) is 105 Å². The van der Waals surface area contributed by atoms with Crippen LogP contribution in [-0.2, 0) is 4.74 Å². The summed E-state index contributed by atoms with van der Waals surface area (Å²) >= 11 is 0. The molecule has 6 heterocycles. The van der Waals surface area contributed by atoms with Gasteiger partial charge < -0.3 is 14.5 Å². The number of anilines is 1. The molecule has 4 aromatic heterocycles. The van der Waals surface area contributed by atoms with Gasteiger partial charge in [0.15, 0.2) is 5.65 Å². The number of aromatic nitrogens is 6. The van der Waals surface area contributed by atoms with Gasteiger partial charge in [0.05, 0.1) is 29.0 Å². The maximum absolute atomic E-state index is 16.1. The number of benzene rings is 2. The summed E-state index contributed by atoms with van der Waals surface area (Å²) in [5, 5.41) is 13.3. The molecule has 0 saturated carbocycles. The Labute approximate surface area is 258 Å². The normalized spacial score (nSPS) is 18.0. The Morgan fingerprint density at radius 3 is 2.60 bits per heavy atom. The van der Waals surface area contributed by atoms with Crippen molar-refractivity contribution in [1.29, 1.82) is 0 Å². The molecule has 45 heavy (non-hydrogen) atoms. The van der Waals surface area contributed by atoms with E-state index in [1.807, 2.05) is 62.1 Å². The van der Waals surface area contributed by atoms with Crippen LogP contribution in [0.5, 0.6) is 0 Å². The van der Waals surface area contributed by atoms with Crippen LogP contribution in [-0.4, -0.2) is 71.5 Å². The van der Waals surface area contributed by atoms with E-state index in [1.165, 1.54) is 0 Å². The van der Waals surface area contributed by atoms with Gasteiger partial charge in [-0.05, 0) is 75.2 Å². The number of nitrogens with zero attached hydrogens (tertiary/aromatic N) is 7. The average Bonchev–Trinajstić information content (AvgIpc) is 3.83. The smallest absolute Gasteiger partial charge is 0.410 e. The molecule has 0 radical (unpaired) electrons. The Balaban J connectivity index is 1.17. The van der Waals surface area contributed by atoms with Crippen molar-refractivity contribution in [1.82, 2.24) is 34.7 Å². The van der Waals surface area contributed by atoms with E-state index < -0.39 is 5.60 Å². The molecule has 2 aliphatic rings. The fourth-order valence-corrected chi connectivity index (χ4v) is 6.71. The fourth-order valence-electron chi connectivity index (χ4n) is 6.71. The van der Waals surface area contributed by atoms with Crippen molar-refractivity contribution in [2.75, 3.05) is 18.0 Å². The standard InChI is InChI=1S/C34H31FN8O2/c1-34(2,3)45-33(44)42-19-22-15-23(42)18-41(22)21-7-8-25(27(35)16-21)29-11-14-37-32-30(24-5-4-6-28-26(24)17-38-39-28)31(40-43(29)32)20-9-12-36-13-10-20/h4-14,16-17,22-23H,15,18-19H2,1-3H3,(H,38,39)/t22-,23-/m0/s1. The molecule has 2 atom stereocenters. The van der Waals surface area contributed by atoms with E-state index in [0.29, 0.717) is 35.7 Å². The minimum Gasteiger partial charge on any atom is -0.444 e. The summed E-state index contributed by atoms with van der Waals surface area (Å²) in [6.45, 7) is 6.81. The Morgan fingerprint density at radius 1 is 1.00 bits per heavy atom. The van der Waals surface area contributed by atoms with Crippen molar-refractivity contribution in [2.45, 2.75) is 44.9 Å². The first-order valence-corrected chi connectivity index (χ1v) is 15.0. The van der Waals surface area contributed by atoms with Crippen molar-refractivity contribution in [2.24, 2.45) is 0 Å². The van der Waals surface area contributed by atoms with Crippen LogP contribution in [0.4, 0.5) is 14.9 Å². The summed E-state index contributed by atoms with van der Waals surface area (Å²) in [6.07, 6.45) is 7.50. The summed E-state index contributed by atoms with van der Waals surface area (Å²) < 4.78 is 23.4. The van der Waals surface area contributed by atoms with E-state index >= 15 is 4.39 Å². The SMILES string of the molecule is CC(C)(C)OC(=O)N1C[C@@H]2C[C@H]1CN2c1ccc(-c2ccnc3c(-c4cccc5[nH]ncc45)c(-c4ccncc4)nn23)c(F)c1. The third kappa shape index (κ3) is 4.57. The maximum Gasteiger partial charge on any atom is 0.410 e. The lowest BCUT2D eigenvalue weighted by molar-refractivity contribution is 0.0214. The largest absolute Gasteiger partial charge is 0.444 e. The molecule has 11 heteroatoms. The van der Waals surface area contributed by atoms with Crippen molar-refractivity contribution in [3.05, 3.63) is 85.2 Å². The molecule has 2 fully saturated rings. The lowest BCUT2D eigenvalue weighted by Gasteiger charge is -2.36. The highest BCUT2D eigenvalue weighted by Gasteiger charge is 2.46. The number of fused-ring (bicyclic) bond motifs is 4. The number of rotatable bonds is 4. The number of piperazine rings is 1. The zero-order valence-electron chi connectivity index (χ0n) is 25.1. The van der Waals surface area contributed by atoms with E-state index in [0.717, 1.165) is 39.7 Å². The number of ether oxygens (including phenoxy) is 1. The quantitative estimate of drug-likeness (QED) is 0.251. The third-order valence-electron chi connectivity index (χ3n) is 8.66. The van der Waals surface area contributed by atoms with Crippen LogP contribution in [0, 0.1) is 5.82 Å². The number of nitrogens with one attached hydrogen (secondary N) is 1. The summed E-state index contributed by atoms with van der Waals surface area (Å²) in [7, 11) is 0. The molecule has 1 N–H and O–H groups in total. The second kappa shape index (κ2) is 10.1.